The molecule has 0 aliphatic carbocycles. The Hall–Kier alpha value is -2.62. The largest absolute Gasteiger partial charge is 0.493 e. The molecule has 2 N–H and O–H groups in total. The first kappa shape index (κ1) is 14.4. The van der Waals surface area contributed by atoms with Crippen LogP contribution in [0.15, 0.2) is 23.8 Å². The summed E-state index contributed by atoms with van der Waals surface area (Å²) in [6.45, 7) is -3.01. The molecule has 1 amide bonds. The molecular formula is C12H10F2N2O3. The number of carbonyl (C=O) groups is 1. The normalized spacial score (nSPS) is 11.0. The number of amides is 1. The summed E-state index contributed by atoms with van der Waals surface area (Å²) in [4.78, 5) is 10.9. The molecule has 0 heterocycles. The SMILES string of the molecule is COc1ccc(/C=C(\C#N)C(N)=O)cc1OC(F)F. The van der Waals surface area contributed by atoms with Crippen LogP contribution >= 0.6 is 0 Å². The number of halogens is 2. The van der Waals surface area contributed by atoms with Crippen molar-refractivity contribution >= 4 is 12.0 Å². The standard InChI is InChI=1S/C12H10F2N2O3/c1-18-9-3-2-7(4-8(6-15)11(16)17)5-10(9)19-12(13)14/h2-5,12H,1H3,(H2,16,17)/b8-4+. The van der Waals surface area contributed by atoms with Crippen LogP contribution in [0.4, 0.5) is 8.78 Å². The molecule has 0 aliphatic rings. The van der Waals surface area contributed by atoms with Crippen molar-refractivity contribution in [3.8, 4) is 17.6 Å². The van der Waals surface area contributed by atoms with E-state index in [-0.39, 0.29) is 17.1 Å². The van der Waals surface area contributed by atoms with Gasteiger partial charge in [0.05, 0.1) is 7.11 Å². The second-order valence-corrected chi connectivity index (χ2v) is 3.32. The Morgan fingerprint density at radius 2 is 2.16 bits per heavy atom. The third-order valence-corrected chi connectivity index (χ3v) is 2.10. The molecule has 1 aromatic carbocycles. The summed E-state index contributed by atoms with van der Waals surface area (Å²) in [5.74, 6) is -1.00. The lowest BCUT2D eigenvalue weighted by atomic mass is 10.1. The first-order valence-electron chi connectivity index (χ1n) is 5.02. The van der Waals surface area contributed by atoms with Crippen LogP contribution in [0.5, 0.6) is 11.5 Å². The molecule has 1 rings (SSSR count). The van der Waals surface area contributed by atoms with Gasteiger partial charge in [-0.2, -0.15) is 14.0 Å². The molecule has 0 bridgehead atoms. The first-order chi connectivity index (χ1) is 8.97. The summed E-state index contributed by atoms with van der Waals surface area (Å²) in [5, 5.41) is 8.68. The fourth-order valence-electron chi connectivity index (χ4n) is 1.30. The van der Waals surface area contributed by atoms with Gasteiger partial charge in [0.1, 0.15) is 11.6 Å². The van der Waals surface area contributed by atoms with Crippen LogP contribution < -0.4 is 15.2 Å². The highest BCUT2D eigenvalue weighted by Gasteiger charge is 2.11. The smallest absolute Gasteiger partial charge is 0.387 e. The maximum Gasteiger partial charge on any atom is 0.387 e. The lowest BCUT2D eigenvalue weighted by Gasteiger charge is -2.10. The highest BCUT2D eigenvalue weighted by atomic mass is 19.3. The molecule has 5 nitrogen and oxygen atoms in total. The van der Waals surface area contributed by atoms with Crippen molar-refractivity contribution in [2.24, 2.45) is 5.73 Å². The van der Waals surface area contributed by atoms with Crippen LogP contribution in [0.25, 0.3) is 6.08 Å². The number of nitrogens with zero attached hydrogens (tertiary/aromatic N) is 1. The number of ether oxygens (including phenoxy) is 2. The molecule has 100 valence electrons. The summed E-state index contributed by atoms with van der Waals surface area (Å²) in [5.41, 5.74) is 4.98. The summed E-state index contributed by atoms with van der Waals surface area (Å²) >= 11 is 0. The predicted molar refractivity (Wildman–Crippen MR) is 62.4 cm³/mol. The Labute approximate surface area is 107 Å². The summed E-state index contributed by atoms with van der Waals surface area (Å²) in [6, 6.07) is 5.66. The second-order valence-electron chi connectivity index (χ2n) is 3.32. The van der Waals surface area contributed by atoms with E-state index in [0.29, 0.717) is 5.56 Å². The fourth-order valence-corrected chi connectivity index (χ4v) is 1.30. The van der Waals surface area contributed by atoms with E-state index in [1.807, 2.05) is 0 Å². The fraction of sp³-hybridized carbons (Fsp3) is 0.167. The number of benzene rings is 1. The van der Waals surface area contributed by atoms with Gasteiger partial charge in [-0.05, 0) is 23.8 Å². The molecule has 19 heavy (non-hydrogen) atoms. The number of rotatable bonds is 5. The maximum atomic E-state index is 12.2. The zero-order valence-corrected chi connectivity index (χ0v) is 9.89. The van der Waals surface area contributed by atoms with Gasteiger partial charge >= 0.3 is 6.61 Å². The molecular weight excluding hydrogens is 258 g/mol. The molecule has 7 heteroatoms. The number of nitriles is 1. The molecule has 0 unspecified atom stereocenters. The van der Waals surface area contributed by atoms with Gasteiger partial charge in [0, 0.05) is 0 Å². The Balaban J connectivity index is 3.18. The Bertz CT molecular complexity index is 550. The zero-order valence-electron chi connectivity index (χ0n) is 9.89. The van der Waals surface area contributed by atoms with E-state index in [0.717, 1.165) is 0 Å². The number of nitrogens with two attached hydrogens (primary N) is 1. The predicted octanol–water partition coefficient (Wildman–Crippen LogP) is 1.69. The zero-order chi connectivity index (χ0) is 14.4. The molecule has 0 fully saturated rings. The Morgan fingerprint density at radius 3 is 2.63 bits per heavy atom. The van der Waals surface area contributed by atoms with Crippen LogP contribution in [-0.2, 0) is 4.79 Å². The van der Waals surface area contributed by atoms with Crippen LogP contribution in [0.3, 0.4) is 0 Å². The minimum Gasteiger partial charge on any atom is -0.493 e. The van der Waals surface area contributed by atoms with Gasteiger partial charge in [0.15, 0.2) is 11.5 Å². The minimum atomic E-state index is -3.01. The van der Waals surface area contributed by atoms with Crippen molar-refractivity contribution in [3.63, 3.8) is 0 Å². The van der Waals surface area contributed by atoms with Crippen molar-refractivity contribution in [1.82, 2.24) is 0 Å². The summed E-state index contributed by atoms with van der Waals surface area (Å²) in [6.07, 6.45) is 1.17. The van der Waals surface area contributed by atoms with E-state index in [4.69, 9.17) is 15.7 Å². The number of primary amides is 1. The average Bonchev–Trinajstić information content (AvgIpc) is 2.35. The van der Waals surface area contributed by atoms with Gasteiger partial charge in [0.25, 0.3) is 5.91 Å². The van der Waals surface area contributed by atoms with E-state index in [1.54, 1.807) is 6.07 Å². The topological polar surface area (TPSA) is 85.3 Å². The molecule has 0 aromatic heterocycles. The van der Waals surface area contributed by atoms with E-state index >= 15 is 0 Å². The third-order valence-electron chi connectivity index (χ3n) is 2.10. The Kier molecular flexibility index (Phi) is 4.83. The number of hydrogen-bond donors (Lipinski definition) is 1. The maximum absolute atomic E-state index is 12.2. The molecule has 0 aliphatic heterocycles. The molecule has 0 atom stereocenters. The van der Waals surface area contributed by atoms with Crippen molar-refractivity contribution < 1.29 is 23.0 Å². The highest BCUT2D eigenvalue weighted by molar-refractivity contribution is 6.00. The second kappa shape index (κ2) is 6.35. The van der Waals surface area contributed by atoms with Crippen LogP contribution in [-0.4, -0.2) is 19.6 Å². The summed E-state index contributed by atoms with van der Waals surface area (Å²) in [7, 11) is 1.30. The molecule has 0 spiro atoms. The van der Waals surface area contributed by atoms with E-state index in [1.165, 1.54) is 31.4 Å². The van der Waals surface area contributed by atoms with Crippen molar-refractivity contribution in [2.75, 3.05) is 7.11 Å². The van der Waals surface area contributed by atoms with Crippen LogP contribution in [0.1, 0.15) is 5.56 Å². The minimum absolute atomic E-state index is 0.107. The number of carbonyl (C=O) groups excluding carboxylic acids is 1. The van der Waals surface area contributed by atoms with E-state index in [9.17, 15) is 13.6 Å². The first-order valence-corrected chi connectivity index (χ1v) is 5.02. The van der Waals surface area contributed by atoms with E-state index < -0.39 is 12.5 Å². The van der Waals surface area contributed by atoms with Crippen LogP contribution in [0.2, 0.25) is 0 Å². The monoisotopic (exact) mass is 268 g/mol. The molecule has 0 saturated carbocycles. The van der Waals surface area contributed by atoms with Gasteiger partial charge in [-0.3, -0.25) is 4.79 Å². The molecule has 0 radical (unpaired) electrons. The van der Waals surface area contributed by atoms with Crippen molar-refractivity contribution in [3.05, 3.63) is 29.3 Å². The van der Waals surface area contributed by atoms with Gasteiger partial charge in [0.2, 0.25) is 0 Å². The van der Waals surface area contributed by atoms with E-state index in [2.05, 4.69) is 4.74 Å². The number of methoxy groups -OCH3 is 1. The Morgan fingerprint density at radius 1 is 1.47 bits per heavy atom. The van der Waals surface area contributed by atoms with Gasteiger partial charge < -0.3 is 15.2 Å². The lowest BCUT2D eigenvalue weighted by Crippen LogP contribution is -2.12. The number of hydrogen-bond acceptors (Lipinski definition) is 4. The van der Waals surface area contributed by atoms with Gasteiger partial charge in [-0.25, -0.2) is 0 Å². The van der Waals surface area contributed by atoms with Gasteiger partial charge in [-0.1, -0.05) is 6.07 Å². The summed E-state index contributed by atoms with van der Waals surface area (Å²) < 4.78 is 33.5. The number of alkyl halides is 2. The molecule has 0 saturated heterocycles. The average molecular weight is 268 g/mol. The van der Waals surface area contributed by atoms with Crippen molar-refractivity contribution in [2.45, 2.75) is 6.61 Å². The highest BCUT2D eigenvalue weighted by Crippen LogP contribution is 2.30. The van der Waals surface area contributed by atoms with Crippen molar-refractivity contribution in [1.29, 1.82) is 5.26 Å². The van der Waals surface area contributed by atoms with Crippen LogP contribution in [0, 0.1) is 11.3 Å². The van der Waals surface area contributed by atoms with Gasteiger partial charge in [-0.15, -0.1) is 0 Å². The molecule has 1 aromatic rings. The quantitative estimate of drug-likeness (QED) is 0.650. The lowest BCUT2D eigenvalue weighted by molar-refractivity contribution is -0.114. The third kappa shape index (κ3) is 3.96.